The number of benzene rings is 1. The molecule has 0 atom stereocenters. The van der Waals surface area contributed by atoms with Crippen molar-refractivity contribution in [2.24, 2.45) is 0 Å². The number of anilines is 1. The van der Waals surface area contributed by atoms with Gasteiger partial charge in [-0.3, -0.25) is 0 Å². The second-order valence-electron chi connectivity index (χ2n) is 3.40. The van der Waals surface area contributed by atoms with Crippen molar-refractivity contribution in [2.75, 3.05) is 5.73 Å². The van der Waals surface area contributed by atoms with Crippen molar-refractivity contribution in [3.8, 4) is 0 Å². The van der Waals surface area contributed by atoms with Crippen LogP contribution in [0.3, 0.4) is 0 Å². The first-order chi connectivity index (χ1) is 8.08. The largest absolute Gasteiger partial charge is 0.399 e. The van der Waals surface area contributed by atoms with Gasteiger partial charge in [-0.15, -0.1) is 11.8 Å². The summed E-state index contributed by atoms with van der Waals surface area (Å²) in [4.78, 5) is -0.0819. The zero-order valence-electron chi connectivity index (χ0n) is 8.91. The zero-order chi connectivity index (χ0) is 12.4. The number of nitrogens with two attached hydrogens (primary N) is 1. The number of aryl methyl sites for hydroxylation is 1. The lowest BCUT2D eigenvalue weighted by Gasteiger charge is -2.04. The Morgan fingerprint density at radius 1 is 1.29 bits per heavy atom. The summed E-state index contributed by atoms with van der Waals surface area (Å²) in [5, 5.41) is 7.21. The molecule has 0 saturated carbocycles. The van der Waals surface area contributed by atoms with E-state index >= 15 is 0 Å². The fourth-order valence-corrected chi connectivity index (χ4v) is 2.17. The highest BCUT2D eigenvalue weighted by Crippen LogP contribution is 2.29. The molecule has 0 spiro atoms. The van der Waals surface area contributed by atoms with Crippen molar-refractivity contribution >= 4 is 17.4 Å². The number of nitrogens with zero attached hydrogens (tertiary/aromatic N) is 2. The summed E-state index contributed by atoms with van der Waals surface area (Å²) >= 11 is 0.986. The van der Waals surface area contributed by atoms with E-state index in [0.29, 0.717) is 11.4 Å². The maximum atomic E-state index is 13.4. The highest BCUT2D eigenvalue weighted by atomic mass is 32.2. The highest BCUT2D eigenvalue weighted by molar-refractivity contribution is 7.98. The second kappa shape index (κ2) is 4.70. The molecule has 0 unspecified atom stereocenters. The lowest BCUT2D eigenvalue weighted by Crippen LogP contribution is -1.94. The molecule has 2 N–H and O–H groups in total. The molecule has 0 aliphatic carbocycles. The molecule has 0 radical (unpaired) electrons. The summed E-state index contributed by atoms with van der Waals surface area (Å²) in [6, 6.07) is 2.17. The summed E-state index contributed by atoms with van der Waals surface area (Å²) in [5.74, 6) is -1.07. The molecule has 1 aromatic carbocycles. The van der Waals surface area contributed by atoms with Gasteiger partial charge in [0.1, 0.15) is 23.0 Å². The lowest BCUT2D eigenvalue weighted by molar-refractivity contribution is 0.302. The smallest absolute Gasteiger partial charge is 0.141 e. The Morgan fingerprint density at radius 2 is 1.94 bits per heavy atom. The van der Waals surface area contributed by atoms with Crippen molar-refractivity contribution in [3.05, 3.63) is 35.2 Å². The van der Waals surface area contributed by atoms with Crippen LogP contribution in [-0.2, 0) is 5.75 Å². The van der Waals surface area contributed by atoms with Crippen LogP contribution in [0.5, 0.6) is 0 Å². The first-order valence-corrected chi connectivity index (χ1v) is 5.72. The van der Waals surface area contributed by atoms with E-state index < -0.39 is 11.6 Å². The summed E-state index contributed by atoms with van der Waals surface area (Å²) < 4.78 is 31.4. The normalized spacial score (nSPS) is 10.8. The summed E-state index contributed by atoms with van der Waals surface area (Å²) in [7, 11) is 0. The van der Waals surface area contributed by atoms with Gasteiger partial charge < -0.3 is 5.73 Å². The molecule has 2 rings (SSSR count). The standard InChI is InChI=1S/C10H9F2N3OS/c1-5-9(15-16-14-5)4-17-10-7(11)2-6(13)3-8(10)12/h2-3H,4,13H2,1H3. The average Bonchev–Trinajstić information content (AvgIpc) is 2.62. The molecule has 2 aromatic rings. The molecule has 1 heterocycles. The predicted octanol–water partition coefficient (Wildman–Crippen LogP) is 2.53. The number of hydrogen-bond acceptors (Lipinski definition) is 5. The van der Waals surface area contributed by atoms with E-state index in [1.165, 1.54) is 0 Å². The number of halogens is 2. The van der Waals surface area contributed by atoms with Crippen molar-refractivity contribution < 1.29 is 13.4 Å². The molecule has 1 aromatic heterocycles. The maximum absolute atomic E-state index is 13.4. The number of thioether (sulfide) groups is 1. The molecular formula is C10H9F2N3OS. The van der Waals surface area contributed by atoms with Crippen LogP contribution in [-0.4, -0.2) is 10.3 Å². The monoisotopic (exact) mass is 257 g/mol. The van der Waals surface area contributed by atoms with Gasteiger partial charge in [0.25, 0.3) is 0 Å². The molecule has 0 fully saturated rings. The quantitative estimate of drug-likeness (QED) is 0.676. The van der Waals surface area contributed by atoms with Crippen LogP contribution in [0.4, 0.5) is 14.5 Å². The zero-order valence-corrected chi connectivity index (χ0v) is 9.72. The Kier molecular flexibility index (Phi) is 3.28. The number of hydrogen-bond donors (Lipinski definition) is 1. The second-order valence-corrected chi connectivity index (χ2v) is 4.38. The molecule has 0 aliphatic heterocycles. The van der Waals surface area contributed by atoms with Gasteiger partial charge >= 0.3 is 0 Å². The van der Waals surface area contributed by atoms with E-state index in [0.717, 1.165) is 23.9 Å². The van der Waals surface area contributed by atoms with Crippen LogP contribution in [0, 0.1) is 18.6 Å². The summed E-state index contributed by atoms with van der Waals surface area (Å²) in [5.41, 5.74) is 6.54. The Balaban J connectivity index is 2.17. The third kappa shape index (κ3) is 2.55. The lowest BCUT2D eigenvalue weighted by atomic mass is 10.3. The van der Waals surface area contributed by atoms with Crippen LogP contribution < -0.4 is 5.73 Å². The van der Waals surface area contributed by atoms with Crippen molar-refractivity contribution in [2.45, 2.75) is 17.6 Å². The first-order valence-electron chi connectivity index (χ1n) is 4.73. The molecule has 4 nitrogen and oxygen atoms in total. The Bertz CT molecular complexity index is 521. The minimum atomic E-state index is -0.679. The van der Waals surface area contributed by atoms with Crippen molar-refractivity contribution in [1.82, 2.24) is 10.3 Å². The Hall–Kier alpha value is -1.63. The van der Waals surface area contributed by atoms with Crippen molar-refractivity contribution in [1.29, 1.82) is 0 Å². The van der Waals surface area contributed by atoms with Crippen LogP contribution in [0.1, 0.15) is 11.4 Å². The maximum Gasteiger partial charge on any atom is 0.141 e. The van der Waals surface area contributed by atoms with Gasteiger partial charge in [0, 0.05) is 11.4 Å². The van der Waals surface area contributed by atoms with Gasteiger partial charge in [0.05, 0.1) is 4.90 Å². The highest BCUT2D eigenvalue weighted by Gasteiger charge is 2.13. The SMILES string of the molecule is Cc1nonc1CSc1c(F)cc(N)cc1F. The minimum Gasteiger partial charge on any atom is -0.399 e. The van der Waals surface area contributed by atoms with Gasteiger partial charge in [0.2, 0.25) is 0 Å². The average molecular weight is 257 g/mol. The van der Waals surface area contributed by atoms with Gasteiger partial charge in [0.15, 0.2) is 0 Å². The van der Waals surface area contributed by atoms with Crippen LogP contribution in [0.15, 0.2) is 21.7 Å². The molecule has 0 bridgehead atoms. The molecule has 0 aliphatic rings. The summed E-state index contributed by atoms with van der Waals surface area (Å²) in [6.07, 6.45) is 0. The number of rotatable bonds is 3. The van der Waals surface area contributed by atoms with Gasteiger partial charge in [-0.1, -0.05) is 10.3 Å². The molecule has 0 saturated heterocycles. The first kappa shape index (κ1) is 11.8. The molecular weight excluding hydrogens is 248 g/mol. The van der Waals surface area contributed by atoms with E-state index in [9.17, 15) is 8.78 Å². The van der Waals surface area contributed by atoms with Gasteiger partial charge in [-0.2, -0.15) is 0 Å². The van der Waals surface area contributed by atoms with E-state index in [1.807, 2.05) is 0 Å². The van der Waals surface area contributed by atoms with Crippen LogP contribution in [0.2, 0.25) is 0 Å². The Labute approximate surface area is 100 Å². The molecule has 0 amide bonds. The molecule has 7 heteroatoms. The predicted molar refractivity (Wildman–Crippen MR) is 59.4 cm³/mol. The van der Waals surface area contributed by atoms with Crippen LogP contribution in [0.25, 0.3) is 0 Å². The molecule has 90 valence electrons. The van der Waals surface area contributed by atoms with E-state index in [-0.39, 0.29) is 16.3 Å². The van der Waals surface area contributed by atoms with E-state index in [1.54, 1.807) is 6.92 Å². The number of aromatic nitrogens is 2. The van der Waals surface area contributed by atoms with Gasteiger partial charge in [-0.25, -0.2) is 13.4 Å². The summed E-state index contributed by atoms with van der Waals surface area (Å²) in [6.45, 7) is 1.71. The van der Waals surface area contributed by atoms with E-state index in [2.05, 4.69) is 14.9 Å². The third-order valence-corrected chi connectivity index (χ3v) is 3.22. The molecule has 17 heavy (non-hydrogen) atoms. The van der Waals surface area contributed by atoms with Gasteiger partial charge in [-0.05, 0) is 19.1 Å². The van der Waals surface area contributed by atoms with E-state index in [4.69, 9.17) is 5.73 Å². The fourth-order valence-electron chi connectivity index (χ4n) is 1.24. The topological polar surface area (TPSA) is 64.9 Å². The Morgan fingerprint density at radius 3 is 2.47 bits per heavy atom. The minimum absolute atomic E-state index is 0.0589. The number of nitrogen functional groups attached to an aromatic ring is 1. The fraction of sp³-hybridized carbons (Fsp3) is 0.200. The third-order valence-electron chi connectivity index (χ3n) is 2.12. The van der Waals surface area contributed by atoms with Crippen LogP contribution >= 0.6 is 11.8 Å². The van der Waals surface area contributed by atoms with Crippen molar-refractivity contribution in [3.63, 3.8) is 0 Å².